The molecule has 4 N–H and O–H groups in total. The van der Waals surface area contributed by atoms with Crippen molar-refractivity contribution in [2.75, 3.05) is 6.54 Å². The van der Waals surface area contributed by atoms with E-state index in [1.807, 2.05) is 12.2 Å². The Labute approximate surface area is 183 Å². The smallest absolute Gasteiger partial charge is 0.259 e. The van der Waals surface area contributed by atoms with E-state index in [0.29, 0.717) is 45.1 Å². The van der Waals surface area contributed by atoms with E-state index in [9.17, 15) is 22.8 Å². The van der Waals surface area contributed by atoms with Crippen molar-refractivity contribution in [1.29, 1.82) is 0 Å². The molecule has 2 heterocycles. The number of rotatable bonds is 3. The molecule has 3 amide bonds. The van der Waals surface area contributed by atoms with Gasteiger partial charge in [-0.3, -0.25) is 19.1 Å². The van der Waals surface area contributed by atoms with Crippen LogP contribution in [-0.2, 0) is 24.4 Å². The van der Waals surface area contributed by atoms with Gasteiger partial charge in [0, 0.05) is 12.5 Å². The standard InChI is InChI=1S/C21H32N4O5S/c22-16-8-5-3-1-2-4-7-14-13-21(14,20(28)24-31(29,30)15-10-11-15)23-18(26)17-9-6-12-25(17)19(16)27/h4,7,14-17H,1-3,5-6,8-13,22H2,(H,23,26)(H,24,28)/b7-4-/t14-,16+,17+,21-/m1/s1. The van der Waals surface area contributed by atoms with Crippen LogP contribution in [0.5, 0.6) is 0 Å². The number of fused-ring (bicyclic) bond motifs is 2. The van der Waals surface area contributed by atoms with Crippen LogP contribution in [0.4, 0.5) is 0 Å². The molecule has 0 aromatic rings. The van der Waals surface area contributed by atoms with Gasteiger partial charge in [0.15, 0.2) is 0 Å². The third-order valence-electron chi connectivity index (χ3n) is 6.87. The molecular weight excluding hydrogens is 420 g/mol. The first-order valence-electron chi connectivity index (χ1n) is 11.4. The molecule has 0 bridgehead atoms. The SMILES string of the molecule is N[C@H]1CCCCC/C=C\[C@@H]2C[C@@]2(C(=O)NS(=O)(=O)C2CC2)NC(=O)[C@@H]2CCCN2C1=O. The van der Waals surface area contributed by atoms with Gasteiger partial charge in [-0.2, -0.15) is 0 Å². The second kappa shape index (κ2) is 8.54. The fourth-order valence-electron chi connectivity index (χ4n) is 4.67. The van der Waals surface area contributed by atoms with Gasteiger partial charge in [0.25, 0.3) is 5.91 Å². The summed E-state index contributed by atoms with van der Waals surface area (Å²) in [5.74, 6) is -1.58. The van der Waals surface area contributed by atoms with Crippen LogP contribution in [0.2, 0.25) is 0 Å². The molecule has 9 nitrogen and oxygen atoms in total. The first kappa shape index (κ1) is 22.3. The Morgan fingerprint density at radius 2 is 1.90 bits per heavy atom. The monoisotopic (exact) mass is 452 g/mol. The lowest BCUT2D eigenvalue weighted by molar-refractivity contribution is -0.140. The summed E-state index contributed by atoms with van der Waals surface area (Å²) >= 11 is 0. The van der Waals surface area contributed by atoms with E-state index in [1.54, 1.807) is 0 Å². The third-order valence-corrected chi connectivity index (χ3v) is 8.69. The molecule has 31 heavy (non-hydrogen) atoms. The average Bonchev–Trinajstić information content (AvgIpc) is 3.63. The lowest BCUT2D eigenvalue weighted by Crippen LogP contribution is -2.57. The number of nitrogens with one attached hydrogen (secondary N) is 2. The summed E-state index contributed by atoms with van der Waals surface area (Å²) < 4.78 is 26.8. The van der Waals surface area contributed by atoms with E-state index in [1.165, 1.54) is 4.90 Å². The van der Waals surface area contributed by atoms with Gasteiger partial charge in [-0.1, -0.05) is 25.0 Å². The topological polar surface area (TPSA) is 139 Å². The van der Waals surface area contributed by atoms with Crippen molar-refractivity contribution in [3.05, 3.63) is 12.2 Å². The quantitative estimate of drug-likeness (QED) is 0.527. The Bertz CT molecular complexity index is 884. The Morgan fingerprint density at radius 1 is 1.13 bits per heavy atom. The highest BCUT2D eigenvalue weighted by atomic mass is 32.2. The lowest BCUT2D eigenvalue weighted by Gasteiger charge is -2.28. The molecule has 4 rings (SSSR count). The van der Waals surface area contributed by atoms with Gasteiger partial charge in [-0.15, -0.1) is 0 Å². The fraction of sp³-hybridized carbons (Fsp3) is 0.762. The van der Waals surface area contributed by atoms with Gasteiger partial charge in [-0.05, 0) is 51.4 Å². The van der Waals surface area contributed by atoms with Crippen molar-refractivity contribution in [2.45, 2.75) is 87.1 Å². The molecule has 0 radical (unpaired) electrons. The van der Waals surface area contributed by atoms with Crippen LogP contribution in [0, 0.1) is 5.92 Å². The first-order chi connectivity index (χ1) is 14.7. The molecule has 2 saturated carbocycles. The summed E-state index contributed by atoms with van der Waals surface area (Å²) in [6.45, 7) is 0.462. The molecule has 0 aromatic heterocycles. The number of carbonyl (C=O) groups excluding carboxylic acids is 3. The molecule has 0 unspecified atom stereocenters. The Morgan fingerprint density at radius 3 is 2.65 bits per heavy atom. The van der Waals surface area contributed by atoms with Crippen molar-refractivity contribution in [1.82, 2.24) is 14.9 Å². The maximum absolute atomic E-state index is 13.1. The van der Waals surface area contributed by atoms with E-state index in [2.05, 4.69) is 10.0 Å². The summed E-state index contributed by atoms with van der Waals surface area (Å²) in [5, 5.41) is 2.30. The van der Waals surface area contributed by atoms with E-state index in [4.69, 9.17) is 5.73 Å². The highest BCUT2D eigenvalue weighted by Crippen LogP contribution is 2.46. The van der Waals surface area contributed by atoms with E-state index < -0.39 is 44.7 Å². The maximum Gasteiger partial charge on any atom is 0.259 e. The average molecular weight is 453 g/mol. The van der Waals surface area contributed by atoms with Crippen molar-refractivity contribution in [3.63, 3.8) is 0 Å². The number of hydrogen-bond acceptors (Lipinski definition) is 6. The van der Waals surface area contributed by atoms with Gasteiger partial charge in [0.1, 0.15) is 11.6 Å². The van der Waals surface area contributed by atoms with Gasteiger partial charge < -0.3 is 16.0 Å². The Balaban J connectivity index is 1.56. The fourth-order valence-corrected chi connectivity index (χ4v) is 6.03. The van der Waals surface area contributed by atoms with Crippen molar-refractivity contribution >= 4 is 27.7 Å². The Kier molecular flexibility index (Phi) is 6.13. The molecule has 0 aromatic carbocycles. The van der Waals surface area contributed by atoms with E-state index >= 15 is 0 Å². The second-order valence-corrected chi connectivity index (χ2v) is 11.3. The number of hydrogen-bond donors (Lipinski definition) is 3. The van der Waals surface area contributed by atoms with E-state index in [0.717, 1.165) is 25.7 Å². The molecule has 0 spiro atoms. The maximum atomic E-state index is 13.1. The Hall–Kier alpha value is -1.94. The minimum Gasteiger partial charge on any atom is -0.339 e. The summed E-state index contributed by atoms with van der Waals surface area (Å²) in [6.07, 6.45) is 10.7. The summed E-state index contributed by atoms with van der Waals surface area (Å²) in [5.41, 5.74) is 4.82. The van der Waals surface area contributed by atoms with Crippen LogP contribution in [-0.4, -0.2) is 60.5 Å². The number of nitrogens with zero attached hydrogens (tertiary/aromatic N) is 1. The van der Waals surface area contributed by atoms with Crippen LogP contribution in [0.25, 0.3) is 0 Å². The third kappa shape index (κ3) is 4.64. The molecule has 4 atom stereocenters. The predicted molar refractivity (Wildman–Crippen MR) is 114 cm³/mol. The first-order valence-corrected chi connectivity index (χ1v) is 12.9. The van der Waals surface area contributed by atoms with Crippen molar-refractivity contribution in [3.8, 4) is 0 Å². The molecule has 172 valence electrons. The van der Waals surface area contributed by atoms with Gasteiger partial charge in [0.05, 0.1) is 11.3 Å². The van der Waals surface area contributed by atoms with Crippen molar-refractivity contribution < 1.29 is 22.8 Å². The van der Waals surface area contributed by atoms with Gasteiger partial charge in [0.2, 0.25) is 21.8 Å². The zero-order chi connectivity index (χ0) is 22.2. The number of amides is 3. The number of carbonyl (C=O) groups is 3. The normalized spacial score (nSPS) is 35.8. The molecular formula is C21H32N4O5S. The molecule has 2 aliphatic heterocycles. The minimum absolute atomic E-state index is 0.229. The van der Waals surface area contributed by atoms with Gasteiger partial charge in [-0.25, -0.2) is 8.42 Å². The van der Waals surface area contributed by atoms with Crippen LogP contribution < -0.4 is 15.8 Å². The largest absolute Gasteiger partial charge is 0.339 e. The highest BCUT2D eigenvalue weighted by molar-refractivity contribution is 7.91. The minimum atomic E-state index is -3.72. The van der Waals surface area contributed by atoms with Crippen LogP contribution >= 0.6 is 0 Å². The predicted octanol–water partition coefficient (Wildman–Crippen LogP) is 0.308. The van der Waals surface area contributed by atoms with Crippen LogP contribution in [0.15, 0.2) is 12.2 Å². The molecule has 10 heteroatoms. The second-order valence-electron chi connectivity index (χ2n) is 9.31. The zero-order valence-electron chi connectivity index (χ0n) is 17.7. The number of nitrogens with two attached hydrogens (primary N) is 1. The lowest BCUT2D eigenvalue weighted by atomic mass is 10.1. The molecule has 1 saturated heterocycles. The van der Waals surface area contributed by atoms with E-state index in [-0.39, 0.29) is 11.8 Å². The molecule has 4 aliphatic rings. The molecule has 2 aliphatic carbocycles. The van der Waals surface area contributed by atoms with Gasteiger partial charge >= 0.3 is 0 Å². The highest BCUT2D eigenvalue weighted by Gasteiger charge is 2.61. The summed E-state index contributed by atoms with van der Waals surface area (Å²) in [4.78, 5) is 40.5. The molecule has 3 fully saturated rings. The van der Waals surface area contributed by atoms with Crippen LogP contribution in [0.1, 0.15) is 64.2 Å². The summed E-state index contributed by atoms with van der Waals surface area (Å²) in [7, 11) is -3.72. The zero-order valence-corrected chi connectivity index (χ0v) is 18.5. The number of allylic oxidation sites excluding steroid dienone is 1. The van der Waals surface area contributed by atoms with Crippen LogP contribution in [0.3, 0.4) is 0 Å². The number of sulfonamides is 1. The summed E-state index contributed by atoms with van der Waals surface area (Å²) in [6, 6.07) is -1.32. The van der Waals surface area contributed by atoms with Crippen molar-refractivity contribution in [2.24, 2.45) is 11.7 Å².